The van der Waals surface area contributed by atoms with Crippen LogP contribution in [0.1, 0.15) is 40.7 Å². The summed E-state index contributed by atoms with van der Waals surface area (Å²) in [5.41, 5.74) is 1.38. The molecule has 2 aromatic rings. The number of hydrogen-bond donors (Lipinski definition) is 2. The molecule has 0 aliphatic carbocycles. The average Bonchev–Trinajstić information content (AvgIpc) is 2.47. The molecule has 0 unspecified atom stereocenters. The van der Waals surface area contributed by atoms with E-state index in [2.05, 4.69) is 0 Å². The summed E-state index contributed by atoms with van der Waals surface area (Å²) in [6, 6.07) is 9.37. The molecular formula is C17H14O5. The quantitative estimate of drug-likeness (QED) is 0.506. The number of fused-ring (bicyclic) bond motifs is 1. The van der Waals surface area contributed by atoms with Crippen LogP contribution in [0.2, 0.25) is 0 Å². The highest BCUT2D eigenvalue weighted by molar-refractivity contribution is 5.98. The molecule has 1 aliphatic heterocycles. The Labute approximate surface area is 126 Å². The fraction of sp³-hybridized carbons (Fsp3) is 0.176. The Kier molecular flexibility index (Phi) is 3.33. The van der Waals surface area contributed by atoms with Crippen molar-refractivity contribution >= 4 is 11.8 Å². The van der Waals surface area contributed by atoms with Crippen molar-refractivity contribution in [2.45, 2.75) is 19.3 Å². The molecule has 1 heterocycles. The van der Waals surface area contributed by atoms with Crippen LogP contribution in [0.4, 0.5) is 0 Å². The number of esters is 1. The second-order valence-corrected chi connectivity index (χ2v) is 5.25. The second-order valence-electron chi connectivity index (χ2n) is 5.25. The Morgan fingerprint density at radius 3 is 2.45 bits per heavy atom. The normalized spacial score (nSPS) is 16.8. The highest BCUT2D eigenvalue weighted by atomic mass is 16.5. The summed E-state index contributed by atoms with van der Waals surface area (Å²) in [6.07, 6.45) is 0.0622. The lowest BCUT2D eigenvalue weighted by molar-refractivity contribution is -0.135. The summed E-state index contributed by atoms with van der Waals surface area (Å²) in [6.45, 7) is 1.37. The van der Waals surface area contributed by atoms with Gasteiger partial charge in [-0.1, -0.05) is 12.1 Å². The molecule has 22 heavy (non-hydrogen) atoms. The van der Waals surface area contributed by atoms with Gasteiger partial charge in [-0.05, 0) is 36.8 Å². The largest absolute Gasteiger partial charge is 0.508 e. The third-order valence-electron chi connectivity index (χ3n) is 3.79. The molecule has 112 valence electrons. The predicted molar refractivity (Wildman–Crippen MR) is 78.3 cm³/mol. The maximum absolute atomic E-state index is 11.8. The predicted octanol–water partition coefficient (Wildman–Crippen LogP) is 2.74. The number of Topliss-reactive ketones (excluding diaryl/α,β-unsaturated/α-hetero) is 1. The zero-order valence-electron chi connectivity index (χ0n) is 11.9. The van der Waals surface area contributed by atoms with Gasteiger partial charge in [-0.3, -0.25) is 9.59 Å². The molecule has 0 fully saturated rings. The molecule has 0 spiro atoms. The van der Waals surface area contributed by atoms with E-state index in [1.165, 1.54) is 31.2 Å². The minimum absolute atomic E-state index is 0.0622. The lowest BCUT2D eigenvalue weighted by Gasteiger charge is -2.26. The monoisotopic (exact) mass is 298 g/mol. The minimum atomic E-state index is -0.420. The first-order valence-electron chi connectivity index (χ1n) is 6.83. The van der Waals surface area contributed by atoms with E-state index >= 15 is 0 Å². The molecule has 0 saturated heterocycles. The standard InChI is InChI=1S/C17H14O5/c1-9(18)12-6-7-14-16(17(12)21)13(8-15(20)22-14)10-2-4-11(19)5-3-10/h2-7,13,19,21H,8H2,1H3/t13-/m1/s1. The van der Waals surface area contributed by atoms with E-state index in [9.17, 15) is 19.8 Å². The smallest absolute Gasteiger partial charge is 0.312 e. The van der Waals surface area contributed by atoms with Crippen molar-refractivity contribution in [2.24, 2.45) is 0 Å². The van der Waals surface area contributed by atoms with Crippen LogP contribution in [0.25, 0.3) is 0 Å². The van der Waals surface area contributed by atoms with Gasteiger partial charge in [0.25, 0.3) is 0 Å². The Morgan fingerprint density at radius 1 is 1.14 bits per heavy atom. The van der Waals surface area contributed by atoms with E-state index in [0.29, 0.717) is 5.56 Å². The van der Waals surface area contributed by atoms with Gasteiger partial charge in [-0.25, -0.2) is 0 Å². The highest BCUT2D eigenvalue weighted by Gasteiger charge is 2.32. The van der Waals surface area contributed by atoms with E-state index in [0.717, 1.165) is 5.56 Å². The summed E-state index contributed by atoms with van der Waals surface area (Å²) in [5.74, 6) is -0.866. The van der Waals surface area contributed by atoms with Gasteiger partial charge in [0.1, 0.15) is 17.2 Å². The van der Waals surface area contributed by atoms with Crippen molar-refractivity contribution in [3.63, 3.8) is 0 Å². The first-order chi connectivity index (χ1) is 10.5. The fourth-order valence-corrected chi connectivity index (χ4v) is 2.72. The van der Waals surface area contributed by atoms with Crippen LogP contribution in [0.5, 0.6) is 17.2 Å². The van der Waals surface area contributed by atoms with Crippen LogP contribution in [0.3, 0.4) is 0 Å². The first-order valence-corrected chi connectivity index (χ1v) is 6.83. The lowest BCUT2D eigenvalue weighted by Crippen LogP contribution is -2.21. The van der Waals surface area contributed by atoms with Gasteiger partial charge in [0.2, 0.25) is 0 Å². The number of phenols is 2. The van der Waals surface area contributed by atoms with Crippen molar-refractivity contribution < 1.29 is 24.5 Å². The molecule has 5 heteroatoms. The van der Waals surface area contributed by atoms with Gasteiger partial charge in [0, 0.05) is 11.5 Å². The molecule has 0 aromatic heterocycles. The van der Waals surface area contributed by atoms with E-state index in [4.69, 9.17) is 4.74 Å². The molecular weight excluding hydrogens is 284 g/mol. The zero-order valence-corrected chi connectivity index (χ0v) is 11.9. The molecule has 3 rings (SSSR count). The number of ether oxygens (including phenoxy) is 1. The van der Waals surface area contributed by atoms with E-state index in [1.807, 2.05) is 0 Å². The summed E-state index contributed by atoms with van der Waals surface area (Å²) in [7, 11) is 0. The molecule has 1 aliphatic rings. The Bertz CT molecular complexity index is 761. The SMILES string of the molecule is CC(=O)c1ccc2c(c1O)[C@@H](c1ccc(O)cc1)CC(=O)O2. The number of carbonyl (C=O) groups excluding carboxylic acids is 2. The summed E-state index contributed by atoms with van der Waals surface area (Å²) >= 11 is 0. The minimum Gasteiger partial charge on any atom is -0.508 e. The number of rotatable bonds is 2. The molecule has 1 atom stereocenters. The average molecular weight is 298 g/mol. The van der Waals surface area contributed by atoms with Crippen LogP contribution in [0, 0.1) is 0 Å². The van der Waals surface area contributed by atoms with E-state index < -0.39 is 11.9 Å². The summed E-state index contributed by atoms with van der Waals surface area (Å²) in [5, 5.41) is 19.8. The number of benzene rings is 2. The fourth-order valence-electron chi connectivity index (χ4n) is 2.72. The van der Waals surface area contributed by atoms with Gasteiger partial charge < -0.3 is 14.9 Å². The maximum Gasteiger partial charge on any atom is 0.312 e. The van der Waals surface area contributed by atoms with Crippen molar-refractivity contribution in [1.29, 1.82) is 0 Å². The number of hydrogen-bond acceptors (Lipinski definition) is 5. The van der Waals surface area contributed by atoms with Gasteiger partial charge in [-0.15, -0.1) is 0 Å². The number of ketones is 1. The van der Waals surface area contributed by atoms with Gasteiger partial charge in [-0.2, -0.15) is 0 Å². The van der Waals surface area contributed by atoms with Gasteiger partial charge in [0.05, 0.1) is 12.0 Å². The molecule has 2 aromatic carbocycles. The molecule has 5 nitrogen and oxygen atoms in total. The summed E-state index contributed by atoms with van der Waals surface area (Å²) < 4.78 is 5.16. The third kappa shape index (κ3) is 2.30. The van der Waals surface area contributed by atoms with Crippen LogP contribution < -0.4 is 4.74 Å². The third-order valence-corrected chi connectivity index (χ3v) is 3.79. The topological polar surface area (TPSA) is 83.8 Å². The van der Waals surface area contributed by atoms with E-state index in [-0.39, 0.29) is 35.0 Å². The van der Waals surface area contributed by atoms with Crippen LogP contribution in [-0.2, 0) is 4.79 Å². The maximum atomic E-state index is 11.8. The van der Waals surface area contributed by atoms with Crippen LogP contribution in [-0.4, -0.2) is 22.0 Å². The molecule has 2 N–H and O–H groups in total. The number of aromatic hydroxyl groups is 2. The van der Waals surface area contributed by atoms with Crippen molar-refractivity contribution in [3.05, 3.63) is 53.1 Å². The van der Waals surface area contributed by atoms with Crippen LogP contribution in [0.15, 0.2) is 36.4 Å². The van der Waals surface area contributed by atoms with E-state index in [1.54, 1.807) is 12.1 Å². The Morgan fingerprint density at radius 2 is 1.82 bits per heavy atom. The Balaban J connectivity index is 2.18. The zero-order chi connectivity index (χ0) is 15.9. The lowest BCUT2D eigenvalue weighted by atomic mass is 9.84. The van der Waals surface area contributed by atoms with Gasteiger partial charge >= 0.3 is 5.97 Å². The van der Waals surface area contributed by atoms with Crippen molar-refractivity contribution in [2.75, 3.05) is 0 Å². The van der Waals surface area contributed by atoms with Crippen LogP contribution >= 0.6 is 0 Å². The molecule has 0 radical (unpaired) electrons. The first kappa shape index (κ1) is 14.1. The van der Waals surface area contributed by atoms with Crippen molar-refractivity contribution in [3.8, 4) is 17.2 Å². The molecule has 0 amide bonds. The van der Waals surface area contributed by atoms with Gasteiger partial charge in [0.15, 0.2) is 5.78 Å². The second kappa shape index (κ2) is 5.18. The number of carbonyl (C=O) groups is 2. The molecule has 0 bridgehead atoms. The Hall–Kier alpha value is -2.82. The summed E-state index contributed by atoms with van der Waals surface area (Å²) in [4.78, 5) is 23.4. The number of phenolic OH excluding ortho intramolecular Hbond substituents is 2. The molecule has 0 saturated carbocycles. The van der Waals surface area contributed by atoms with Crippen molar-refractivity contribution in [1.82, 2.24) is 0 Å². The highest BCUT2D eigenvalue weighted by Crippen LogP contribution is 2.45.